The van der Waals surface area contributed by atoms with E-state index < -0.39 is 17.7 Å². The van der Waals surface area contributed by atoms with Gasteiger partial charge in [-0.3, -0.25) is 9.59 Å². The standard InChI is InChI=1S/C24H24Cl2N2O5/c1-3-27(4-2)9-10-28-21(14-5-7-16(25)17(26)11-14)20(23(30)24(28)31)22(29)15-6-8-18-19(12-15)33-13-32-18/h5-8,11-12,21,29H,3-4,9-10,13H2,1-2H3. The SMILES string of the molecule is CCN(CC)CCN1C(=O)C(=O)C(=C(O)c2ccc3c(c2)OCO3)C1c1ccc(Cl)c(Cl)c1. The van der Waals surface area contributed by atoms with Crippen LogP contribution >= 0.6 is 23.2 Å². The third kappa shape index (κ3) is 4.40. The predicted octanol–water partition coefficient (Wildman–Crippen LogP) is 4.49. The first-order valence-electron chi connectivity index (χ1n) is 10.7. The Morgan fingerprint density at radius 2 is 1.79 bits per heavy atom. The van der Waals surface area contributed by atoms with Crippen molar-refractivity contribution in [3.63, 3.8) is 0 Å². The smallest absolute Gasteiger partial charge is 0.295 e. The number of Topliss-reactive ketones (excluding diaryl/α,β-unsaturated/α-hetero) is 1. The minimum atomic E-state index is -0.805. The molecule has 4 rings (SSSR count). The molecule has 2 heterocycles. The van der Waals surface area contributed by atoms with Gasteiger partial charge in [0.1, 0.15) is 5.76 Å². The number of amides is 1. The van der Waals surface area contributed by atoms with E-state index in [0.29, 0.717) is 45.8 Å². The summed E-state index contributed by atoms with van der Waals surface area (Å²) in [5.74, 6) is -0.692. The average Bonchev–Trinajstić information content (AvgIpc) is 3.38. The number of aliphatic hydroxyl groups is 1. The molecule has 0 saturated carbocycles. The molecule has 1 atom stereocenters. The lowest BCUT2D eigenvalue weighted by molar-refractivity contribution is -0.140. The molecule has 1 fully saturated rings. The molecule has 0 bridgehead atoms. The van der Waals surface area contributed by atoms with Crippen molar-refractivity contribution in [3.05, 3.63) is 63.1 Å². The minimum Gasteiger partial charge on any atom is -0.507 e. The lowest BCUT2D eigenvalue weighted by Gasteiger charge is -2.28. The number of carbonyl (C=O) groups is 2. The molecule has 1 saturated heterocycles. The molecule has 2 aliphatic heterocycles. The van der Waals surface area contributed by atoms with Crippen LogP contribution in [0.5, 0.6) is 11.5 Å². The van der Waals surface area contributed by atoms with Gasteiger partial charge in [0.2, 0.25) is 6.79 Å². The van der Waals surface area contributed by atoms with Gasteiger partial charge in [-0.1, -0.05) is 43.1 Å². The average molecular weight is 491 g/mol. The maximum Gasteiger partial charge on any atom is 0.295 e. The van der Waals surface area contributed by atoms with Crippen molar-refractivity contribution < 1.29 is 24.2 Å². The highest BCUT2D eigenvalue weighted by Gasteiger charge is 2.46. The highest BCUT2D eigenvalue weighted by atomic mass is 35.5. The summed E-state index contributed by atoms with van der Waals surface area (Å²) in [4.78, 5) is 29.9. The number of halogens is 2. The van der Waals surface area contributed by atoms with Gasteiger partial charge in [0.15, 0.2) is 11.5 Å². The van der Waals surface area contributed by atoms with Crippen molar-refractivity contribution >= 4 is 40.7 Å². The Balaban J connectivity index is 1.81. The Hall–Kier alpha value is -2.74. The molecule has 1 amide bonds. The Kier molecular flexibility index (Phi) is 6.83. The maximum atomic E-state index is 13.1. The van der Waals surface area contributed by atoms with Crippen LogP contribution in [0.25, 0.3) is 5.76 Å². The number of fused-ring (bicyclic) bond motifs is 1. The minimum absolute atomic E-state index is 0.00296. The van der Waals surface area contributed by atoms with Gasteiger partial charge in [-0.2, -0.15) is 0 Å². The van der Waals surface area contributed by atoms with E-state index in [2.05, 4.69) is 4.90 Å². The van der Waals surface area contributed by atoms with Crippen LogP contribution in [0.3, 0.4) is 0 Å². The van der Waals surface area contributed by atoms with Crippen molar-refractivity contribution in [2.75, 3.05) is 33.0 Å². The number of ketones is 1. The first-order valence-corrected chi connectivity index (χ1v) is 11.5. The van der Waals surface area contributed by atoms with Gasteiger partial charge >= 0.3 is 0 Å². The van der Waals surface area contributed by atoms with E-state index in [9.17, 15) is 14.7 Å². The monoisotopic (exact) mass is 490 g/mol. The zero-order valence-electron chi connectivity index (χ0n) is 18.3. The molecule has 2 aromatic carbocycles. The molecular formula is C24H24Cl2N2O5. The van der Waals surface area contributed by atoms with Gasteiger partial charge in [0.25, 0.3) is 11.7 Å². The van der Waals surface area contributed by atoms with Crippen molar-refractivity contribution in [3.8, 4) is 11.5 Å². The second-order valence-corrected chi connectivity index (χ2v) is 8.58. The quantitative estimate of drug-likeness (QED) is 0.350. The number of aliphatic hydroxyl groups excluding tert-OH is 1. The second-order valence-electron chi connectivity index (χ2n) is 7.76. The third-order valence-corrected chi connectivity index (χ3v) is 6.74. The number of benzene rings is 2. The van der Waals surface area contributed by atoms with Crippen LogP contribution in [0.4, 0.5) is 0 Å². The molecule has 174 valence electrons. The first kappa shape index (κ1) is 23.4. The summed E-state index contributed by atoms with van der Waals surface area (Å²) in [5, 5.41) is 11.9. The van der Waals surface area contributed by atoms with Gasteiger partial charge in [0, 0.05) is 18.7 Å². The van der Waals surface area contributed by atoms with E-state index in [1.54, 1.807) is 36.4 Å². The summed E-state index contributed by atoms with van der Waals surface area (Å²) in [6.45, 7) is 6.68. The molecule has 0 spiro atoms. The van der Waals surface area contributed by atoms with E-state index in [1.807, 2.05) is 13.8 Å². The highest BCUT2D eigenvalue weighted by molar-refractivity contribution is 6.46. The van der Waals surface area contributed by atoms with E-state index in [0.717, 1.165) is 13.1 Å². The number of likely N-dealkylation sites (tertiary alicyclic amines) is 1. The van der Waals surface area contributed by atoms with Gasteiger partial charge < -0.3 is 24.4 Å². The second kappa shape index (κ2) is 9.63. The van der Waals surface area contributed by atoms with Crippen LogP contribution < -0.4 is 9.47 Å². The Bertz CT molecular complexity index is 1130. The van der Waals surface area contributed by atoms with Crippen LogP contribution in [-0.2, 0) is 9.59 Å². The van der Waals surface area contributed by atoms with Crippen LogP contribution in [0.2, 0.25) is 10.0 Å². The summed E-state index contributed by atoms with van der Waals surface area (Å²) >= 11 is 12.4. The van der Waals surface area contributed by atoms with Gasteiger partial charge in [-0.25, -0.2) is 0 Å². The molecule has 9 heteroatoms. The molecule has 0 aromatic heterocycles. The zero-order valence-corrected chi connectivity index (χ0v) is 19.8. The van der Waals surface area contributed by atoms with Crippen molar-refractivity contribution in [1.29, 1.82) is 0 Å². The lowest BCUT2D eigenvalue weighted by Crippen LogP contribution is -2.38. The fourth-order valence-electron chi connectivity index (χ4n) is 4.13. The van der Waals surface area contributed by atoms with E-state index >= 15 is 0 Å². The molecule has 0 radical (unpaired) electrons. The van der Waals surface area contributed by atoms with Gasteiger partial charge in [-0.05, 0) is 49.0 Å². The van der Waals surface area contributed by atoms with Crippen LogP contribution in [0.15, 0.2) is 42.0 Å². The van der Waals surface area contributed by atoms with Crippen molar-refractivity contribution in [2.45, 2.75) is 19.9 Å². The Labute approximate surface area is 202 Å². The number of nitrogens with zero attached hydrogens (tertiary/aromatic N) is 2. The zero-order chi connectivity index (χ0) is 23.7. The first-order chi connectivity index (χ1) is 15.8. The maximum absolute atomic E-state index is 13.1. The van der Waals surface area contributed by atoms with E-state index in [4.69, 9.17) is 32.7 Å². The summed E-state index contributed by atoms with van der Waals surface area (Å²) in [6, 6.07) is 9.01. The molecular weight excluding hydrogens is 467 g/mol. The molecule has 1 unspecified atom stereocenters. The summed E-state index contributed by atoms with van der Waals surface area (Å²) in [5.41, 5.74) is 0.938. The molecule has 7 nitrogen and oxygen atoms in total. The number of likely N-dealkylation sites (N-methyl/N-ethyl adjacent to an activating group) is 1. The molecule has 2 aliphatic rings. The summed E-state index contributed by atoms with van der Waals surface area (Å²) in [6.07, 6.45) is 0. The normalized spacial score (nSPS) is 19.1. The number of rotatable bonds is 7. The van der Waals surface area contributed by atoms with E-state index in [1.165, 1.54) is 4.90 Å². The summed E-state index contributed by atoms with van der Waals surface area (Å²) in [7, 11) is 0. The molecule has 1 N–H and O–H groups in total. The topological polar surface area (TPSA) is 79.3 Å². The predicted molar refractivity (Wildman–Crippen MR) is 126 cm³/mol. The number of carbonyl (C=O) groups excluding carboxylic acids is 2. The van der Waals surface area contributed by atoms with Crippen LogP contribution in [0, 0.1) is 0 Å². The number of ether oxygens (including phenoxy) is 2. The number of hydrogen-bond donors (Lipinski definition) is 1. The molecule has 2 aromatic rings. The fraction of sp³-hybridized carbons (Fsp3) is 0.333. The Morgan fingerprint density at radius 3 is 2.48 bits per heavy atom. The largest absolute Gasteiger partial charge is 0.507 e. The van der Waals surface area contributed by atoms with E-state index in [-0.39, 0.29) is 18.1 Å². The molecule has 0 aliphatic carbocycles. The van der Waals surface area contributed by atoms with Crippen molar-refractivity contribution in [1.82, 2.24) is 9.80 Å². The van der Waals surface area contributed by atoms with Gasteiger partial charge in [-0.15, -0.1) is 0 Å². The van der Waals surface area contributed by atoms with Crippen molar-refractivity contribution in [2.24, 2.45) is 0 Å². The molecule has 33 heavy (non-hydrogen) atoms. The van der Waals surface area contributed by atoms with Gasteiger partial charge in [0.05, 0.1) is 21.7 Å². The third-order valence-electron chi connectivity index (χ3n) is 6.00. The Morgan fingerprint density at radius 1 is 1.06 bits per heavy atom. The van der Waals surface area contributed by atoms with Crippen LogP contribution in [0.1, 0.15) is 31.0 Å². The lowest BCUT2D eigenvalue weighted by atomic mass is 9.95. The van der Waals surface area contributed by atoms with Crippen LogP contribution in [-0.4, -0.2) is 59.6 Å². The fourth-order valence-corrected chi connectivity index (χ4v) is 4.43. The number of hydrogen-bond acceptors (Lipinski definition) is 6. The highest BCUT2D eigenvalue weighted by Crippen LogP contribution is 2.42. The summed E-state index contributed by atoms with van der Waals surface area (Å²) < 4.78 is 10.7.